The minimum absolute atomic E-state index is 0.0376. The molecule has 1 aliphatic rings. The molecule has 0 amide bonds. The van der Waals surface area contributed by atoms with E-state index >= 15 is 0 Å². The van der Waals surface area contributed by atoms with Crippen LogP contribution in [0.3, 0.4) is 0 Å². The van der Waals surface area contributed by atoms with Crippen LogP contribution in [0.25, 0.3) is 0 Å². The van der Waals surface area contributed by atoms with Gasteiger partial charge in [-0.15, -0.1) is 0 Å². The van der Waals surface area contributed by atoms with Gasteiger partial charge in [0.15, 0.2) is 0 Å². The lowest BCUT2D eigenvalue weighted by atomic mass is 9.87. The normalized spacial score (nSPS) is 18.8. The van der Waals surface area contributed by atoms with Gasteiger partial charge in [0.1, 0.15) is 5.83 Å². The number of hydrogen-bond donors (Lipinski definition) is 0. The fraction of sp³-hybridized carbons (Fsp3) is 0.684. The Hall–Kier alpha value is -0.890. The molecule has 0 aromatic heterocycles. The third kappa shape index (κ3) is 6.60. The number of hydrogen-bond acceptors (Lipinski definition) is 1. The van der Waals surface area contributed by atoms with Crippen molar-refractivity contribution in [2.24, 2.45) is 5.92 Å². The minimum atomic E-state index is -0.0376. The molecule has 0 aromatic rings. The maximum atomic E-state index is 13.9. The molecule has 0 atom stereocenters. The molecule has 1 saturated heterocycles. The fourth-order valence-corrected chi connectivity index (χ4v) is 2.73. The molecule has 1 nitrogen and oxygen atoms in total. The quantitative estimate of drug-likeness (QED) is 0.535. The van der Waals surface area contributed by atoms with E-state index in [2.05, 4.69) is 32.9 Å². The van der Waals surface area contributed by atoms with Crippen LogP contribution in [0.5, 0.6) is 0 Å². The Morgan fingerprint density at radius 2 is 1.62 bits per heavy atom. The molecule has 122 valence electrons. The molecular weight excluding hydrogens is 263 g/mol. The van der Waals surface area contributed by atoms with Crippen molar-refractivity contribution in [1.82, 2.24) is 0 Å². The summed E-state index contributed by atoms with van der Waals surface area (Å²) in [6.07, 6.45) is 8.05. The van der Waals surface area contributed by atoms with E-state index in [1.807, 2.05) is 13.8 Å². The lowest BCUT2D eigenvalue weighted by Gasteiger charge is -2.24. The van der Waals surface area contributed by atoms with Gasteiger partial charge in [-0.05, 0) is 62.2 Å². The molecule has 2 heteroatoms. The highest BCUT2D eigenvalue weighted by Gasteiger charge is 2.19. The first-order valence-corrected chi connectivity index (χ1v) is 8.44. The van der Waals surface area contributed by atoms with Gasteiger partial charge in [-0.1, -0.05) is 39.8 Å². The van der Waals surface area contributed by atoms with Crippen molar-refractivity contribution in [2.45, 2.75) is 67.2 Å². The summed E-state index contributed by atoms with van der Waals surface area (Å²) in [6.45, 7) is 13.4. The SMILES string of the molecule is CC.C\C=C(CC)/C(=C\C(=C(/C)F)C1CCOCC1)CC. The average molecular weight is 296 g/mol. The Kier molecular flexibility index (Phi) is 11.2. The molecule has 0 N–H and O–H groups in total. The molecule has 1 rings (SSSR count). The molecule has 0 spiro atoms. The summed E-state index contributed by atoms with van der Waals surface area (Å²) in [5.41, 5.74) is 3.48. The van der Waals surface area contributed by atoms with E-state index in [1.54, 1.807) is 6.92 Å². The summed E-state index contributed by atoms with van der Waals surface area (Å²) in [7, 11) is 0. The zero-order valence-electron chi connectivity index (χ0n) is 14.8. The van der Waals surface area contributed by atoms with Gasteiger partial charge in [-0.2, -0.15) is 0 Å². The lowest BCUT2D eigenvalue weighted by molar-refractivity contribution is 0.0760. The second kappa shape index (κ2) is 11.7. The molecule has 0 radical (unpaired) electrons. The van der Waals surface area contributed by atoms with E-state index in [-0.39, 0.29) is 5.83 Å². The van der Waals surface area contributed by atoms with Crippen LogP contribution in [0.2, 0.25) is 0 Å². The van der Waals surface area contributed by atoms with E-state index < -0.39 is 0 Å². The molecule has 1 fully saturated rings. The second-order valence-electron chi connectivity index (χ2n) is 5.07. The van der Waals surface area contributed by atoms with Crippen LogP contribution in [0.15, 0.2) is 34.7 Å². The summed E-state index contributed by atoms with van der Waals surface area (Å²) in [5.74, 6) is 0.277. The van der Waals surface area contributed by atoms with Gasteiger partial charge in [-0.3, -0.25) is 0 Å². The molecule has 1 aliphatic heterocycles. The summed E-state index contributed by atoms with van der Waals surface area (Å²) in [4.78, 5) is 0. The molecule has 0 unspecified atom stereocenters. The van der Waals surface area contributed by atoms with E-state index in [9.17, 15) is 4.39 Å². The van der Waals surface area contributed by atoms with Crippen molar-refractivity contribution >= 4 is 0 Å². The van der Waals surface area contributed by atoms with Crippen molar-refractivity contribution in [1.29, 1.82) is 0 Å². The molecule has 21 heavy (non-hydrogen) atoms. The molecule has 0 aromatic carbocycles. The standard InChI is InChI=1S/C17H27FO.C2H6/c1-5-14(6-2)15(7-3)12-17(13(4)18)16-8-10-19-11-9-16;1-2/h5,12,16H,6-11H2,1-4H3;1-2H3/b14-5-,15-12-,17-13-;. The smallest absolute Gasteiger partial charge is 0.100 e. The van der Waals surface area contributed by atoms with Crippen LogP contribution < -0.4 is 0 Å². The average Bonchev–Trinajstić information content (AvgIpc) is 2.54. The van der Waals surface area contributed by atoms with Crippen LogP contribution in [-0.4, -0.2) is 13.2 Å². The van der Waals surface area contributed by atoms with Gasteiger partial charge in [-0.25, -0.2) is 4.39 Å². The second-order valence-corrected chi connectivity index (χ2v) is 5.07. The Morgan fingerprint density at radius 3 is 2.00 bits per heavy atom. The maximum absolute atomic E-state index is 13.9. The zero-order chi connectivity index (χ0) is 16.3. The zero-order valence-corrected chi connectivity index (χ0v) is 14.8. The third-order valence-electron chi connectivity index (χ3n) is 3.91. The van der Waals surface area contributed by atoms with Gasteiger partial charge < -0.3 is 4.74 Å². The van der Waals surface area contributed by atoms with Gasteiger partial charge in [0, 0.05) is 13.2 Å². The van der Waals surface area contributed by atoms with Crippen LogP contribution in [0.1, 0.15) is 67.2 Å². The lowest BCUT2D eigenvalue weighted by Crippen LogP contribution is -2.17. The summed E-state index contributed by atoms with van der Waals surface area (Å²) in [6, 6.07) is 0. The van der Waals surface area contributed by atoms with Crippen molar-refractivity contribution in [2.75, 3.05) is 13.2 Å². The maximum Gasteiger partial charge on any atom is 0.100 e. The van der Waals surface area contributed by atoms with Crippen molar-refractivity contribution in [3.63, 3.8) is 0 Å². The van der Waals surface area contributed by atoms with Gasteiger partial charge in [0.2, 0.25) is 0 Å². The summed E-state index contributed by atoms with van der Waals surface area (Å²) in [5, 5.41) is 0. The van der Waals surface area contributed by atoms with Gasteiger partial charge in [0.25, 0.3) is 0 Å². The fourth-order valence-electron chi connectivity index (χ4n) is 2.73. The van der Waals surface area contributed by atoms with Crippen molar-refractivity contribution in [3.05, 3.63) is 34.7 Å². The third-order valence-corrected chi connectivity index (χ3v) is 3.91. The highest BCUT2D eigenvalue weighted by molar-refractivity contribution is 5.38. The largest absolute Gasteiger partial charge is 0.381 e. The van der Waals surface area contributed by atoms with E-state index in [4.69, 9.17) is 4.74 Å². The number of rotatable bonds is 5. The topological polar surface area (TPSA) is 9.23 Å². The van der Waals surface area contributed by atoms with E-state index in [0.29, 0.717) is 5.92 Å². The number of ether oxygens (including phenoxy) is 1. The van der Waals surface area contributed by atoms with Crippen LogP contribution in [0.4, 0.5) is 4.39 Å². The van der Waals surface area contributed by atoms with Gasteiger partial charge in [0.05, 0.1) is 0 Å². The molecule has 1 heterocycles. The van der Waals surface area contributed by atoms with Crippen LogP contribution >= 0.6 is 0 Å². The van der Waals surface area contributed by atoms with E-state index in [1.165, 1.54) is 11.1 Å². The predicted octanol–water partition coefficient (Wildman–Crippen LogP) is 6.38. The van der Waals surface area contributed by atoms with Crippen molar-refractivity contribution in [3.8, 4) is 0 Å². The number of allylic oxidation sites excluding steroid dienone is 6. The Labute approximate surface area is 131 Å². The predicted molar refractivity (Wildman–Crippen MR) is 91.1 cm³/mol. The molecule has 0 saturated carbocycles. The van der Waals surface area contributed by atoms with Crippen LogP contribution in [-0.2, 0) is 4.74 Å². The van der Waals surface area contributed by atoms with Gasteiger partial charge >= 0.3 is 0 Å². The first-order valence-electron chi connectivity index (χ1n) is 8.44. The molecule has 0 bridgehead atoms. The Bertz CT molecular complexity index is 367. The summed E-state index contributed by atoms with van der Waals surface area (Å²) >= 11 is 0. The monoisotopic (exact) mass is 296 g/mol. The van der Waals surface area contributed by atoms with Crippen molar-refractivity contribution < 1.29 is 9.13 Å². The molecular formula is C19H33FO. The highest BCUT2D eigenvalue weighted by Crippen LogP contribution is 2.30. The first kappa shape index (κ1) is 20.1. The van der Waals surface area contributed by atoms with Crippen LogP contribution in [0, 0.1) is 5.92 Å². The highest BCUT2D eigenvalue weighted by atomic mass is 19.1. The molecule has 0 aliphatic carbocycles. The first-order chi connectivity index (χ1) is 10.1. The van der Waals surface area contributed by atoms with E-state index in [0.717, 1.165) is 44.5 Å². The minimum Gasteiger partial charge on any atom is -0.381 e. The number of halogens is 1. The summed E-state index contributed by atoms with van der Waals surface area (Å²) < 4.78 is 19.3. The Morgan fingerprint density at radius 1 is 1.10 bits per heavy atom. The Balaban J connectivity index is 0.00000191.